The van der Waals surface area contributed by atoms with E-state index >= 15 is 0 Å². The lowest BCUT2D eigenvalue weighted by molar-refractivity contribution is 0.162. The summed E-state index contributed by atoms with van der Waals surface area (Å²) >= 11 is 0. The summed E-state index contributed by atoms with van der Waals surface area (Å²) in [6.07, 6.45) is 0.693. The molecule has 0 aliphatic carbocycles. The average molecular weight is 296 g/mol. The van der Waals surface area contributed by atoms with Gasteiger partial charge in [0, 0.05) is 19.1 Å². The SMILES string of the molecule is CN[C@@H]1CCN(C(=O)Oc2cccc(-c3ccccc3)c2)C1. The molecular formula is C18H20N2O2. The average Bonchev–Trinajstić information content (AvgIpc) is 3.05. The van der Waals surface area contributed by atoms with E-state index in [1.165, 1.54) is 0 Å². The number of ether oxygens (including phenoxy) is 1. The molecule has 0 unspecified atom stereocenters. The van der Waals surface area contributed by atoms with E-state index in [1.54, 1.807) is 4.90 Å². The molecule has 1 N–H and O–H groups in total. The maximum absolute atomic E-state index is 12.2. The minimum Gasteiger partial charge on any atom is -0.410 e. The molecule has 1 saturated heterocycles. The zero-order chi connectivity index (χ0) is 15.4. The zero-order valence-corrected chi connectivity index (χ0v) is 12.7. The number of benzene rings is 2. The molecule has 0 aromatic heterocycles. The number of likely N-dealkylation sites (tertiary alicyclic amines) is 1. The van der Waals surface area contributed by atoms with Gasteiger partial charge in [-0.3, -0.25) is 0 Å². The number of carbonyl (C=O) groups excluding carboxylic acids is 1. The van der Waals surface area contributed by atoms with Crippen molar-refractivity contribution in [3.05, 3.63) is 54.6 Å². The Morgan fingerprint density at radius 2 is 1.91 bits per heavy atom. The van der Waals surface area contributed by atoms with Gasteiger partial charge in [-0.1, -0.05) is 42.5 Å². The van der Waals surface area contributed by atoms with E-state index in [0.717, 1.165) is 24.1 Å². The van der Waals surface area contributed by atoms with Crippen LogP contribution >= 0.6 is 0 Å². The van der Waals surface area contributed by atoms with Gasteiger partial charge in [0.2, 0.25) is 0 Å². The van der Waals surface area contributed by atoms with E-state index in [1.807, 2.05) is 61.6 Å². The van der Waals surface area contributed by atoms with Gasteiger partial charge >= 0.3 is 6.09 Å². The van der Waals surface area contributed by atoms with Crippen LogP contribution in [0.1, 0.15) is 6.42 Å². The van der Waals surface area contributed by atoms with Gasteiger partial charge in [0.1, 0.15) is 5.75 Å². The fourth-order valence-corrected chi connectivity index (χ4v) is 2.70. The van der Waals surface area contributed by atoms with Crippen LogP contribution in [0, 0.1) is 0 Å². The molecule has 114 valence electrons. The first kappa shape index (κ1) is 14.6. The standard InChI is InChI=1S/C18H20N2O2/c1-19-16-10-11-20(13-16)18(21)22-17-9-5-8-15(12-17)14-6-3-2-4-7-14/h2-9,12,16,19H,10-11,13H2,1H3/t16-/m1/s1. The lowest BCUT2D eigenvalue weighted by atomic mass is 10.1. The van der Waals surface area contributed by atoms with Gasteiger partial charge in [-0.25, -0.2) is 4.79 Å². The first-order valence-corrected chi connectivity index (χ1v) is 7.56. The first-order valence-electron chi connectivity index (χ1n) is 7.56. The Morgan fingerprint density at radius 1 is 1.14 bits per heavy atom. The molecule has 1 atom stereocenters. The number of likely N-dealkylation sites (N-methyl/N-ethyl adjacent to an activating group) is 1. The first-order chi connectivity index (χ1) is 10.8. The number of amides is 1. The molecule has 2 aromatic rings. The molecule has 1 aliphatic heterocycles. The summed E-state index contributed by atoms with van der Waals surface area (Å²) in [6.45, 7) is 1.44. The minimum atomic E-state index is -0.275. The monoisotopic (exact) mass is 296 g/mol. The molecule has 3 rings (SSSR count). The van der Waals surface area contributed by atoms with Crippen molar-refractivity contribution in [3.63, 3.8) is 0 Å². The van der Waals surface area contributed by atoms with Gasteiger partial charge in [0.25, 0.3) is 0 Å². The van der Waals surface area contributed by atoms with Crippen molar-refractivity contribution in [2.75, 3.05) is 20.1 Å². The fourth-order valence-electron chi connectivity index (χ4n) is 2.70. The maximum atomic E-state index is 12.2. The smallest absolute Gasteiger partial charge is 0.410 e. The Balaban J connectivity index is 1.70. The van der Waals surface area contributed by atoms with Crippen LogP contribution in [0.3, 0.4) is 0 Å². The van der Waals surface area contributed by atoms with E-state index in [-0.39, 0.29) is 6.09 Å². The Hall–Kier alpha value is -2.33. The van der Waals surface area contributed by atoms with Crippen LogP contribution in [0.15, 0.2) is 54.6 Å². The van der Waals surface area contributed by atoms with E-state index in [0.29, 0.717) is 18.3 Å². The van der Waals surface area contributed by atoms with Crippen molar-refractivity contribution in [1.29, 1.82) is 0 Å². The maximum Gasteiger partial charge on any atom is 0.415 e. The number of hydrogen-bond donors (Lipinski definition) is 1. The summed E-state index contributed by atoms with van der Waals surface area (Å²) in [5.74, 6) is 0.583. The van der Waals surface area contributed by atoms with Gasteiger partial charge in [-0.2, -0.15) is 0 Å². The summed E-state index contributed by atoms with van der Waals surface area (Å²) in [4.78, 5) is 13.9. The number of hydrogen-bond acceptors (Lipinski definition) is 3. The highest BCUT2D eigenvalue weighted by Gasteiger charge is 2.26. The van der Waals surface area contributed by atoms with Crippen LogP contribution in [0.5, 0.6) is 5.75 Å². The predicted molar refractivity (Wildman–Crippen MR) is 86.9 cm³/mol. The molecule has 0 bridgehead atoms. The van der Waals surface area contributed by atoms with Gasteiger partial charge in [-0.05, 0) is 36.7 Å². The topological polar surface area (TPSA) is 41.6 Å². The molecule has 0 saturated carbocycles. The predicted octanol–water partition coefficient (Wildman–Crippen LogP) is 3.15. The third kappa shape index (κ3) is 3.28. The third-order valence-corrected chi connectivity index (χ3v) is 4.00. The number of nitrogens with zero attached hydrogens (tertiary/aromatic N) is 1. The highest BCUT2D eigenvalue weighted by atomic mass is 16.6. The van der Waals surface area contributed by atoms with Crippen molar-refractivity contribution in [2.24, 2.45) is 0 Å². The Bertz CT molecular complexity index is 643. The van der Waals surface area contributed by atoms with E-state index in [4.69, 9.17) is 4.74 Å². The van der Waals surface area contributed by atoms with Gasteiger partial charge in [0.05, 0.1) is 0 Å². The van der Waals surface area contributed by atoms with Crippen molar-refractivity contribution >= 4 is 6.09 Å². The summed E-state index contributed by atoms with van der Waals surface area (Å²) < 4.78 is 5.51. The molecule has 1 heterocycles. The minimum absolute atomic E-state index is 0.275. The second-order valence-corrected chi connectivity index (χ2v) is 5.48. The summed E-state index contributed by atoms with van der Waals surface area (Å²) in [5, 5.41) is 3.19. The van der Waals surface area contributed by atoms with Crippen LogP contribution in [0.4, 0.5) is 4.79 Å². The molecule has 0 radical (unpaired) electrons. The molecule has 2 aromatic carbocycles. The highest BCUT2D eigenvalue weighted by molar-refractivity contribution is 5.72. The number of carbonyl (C=O) groups is 1. The molecule has 0 spiro atoms. The lowest BCUT2D eigenvalue weighted by Gasteiger charge is -2.16. The molecule has 4 nitrogen and oxygen atoms in total. The number of nitrogens with one attached hydrogen (secondary N) is 1. The second-order valence-electron chi connectivity index (χ2n) is 5.48. The molecule has 1 aliphatic rings. The van der Waals surface area contributed by atoms with Gasteiger partial charge in [0.15, 0.2) is 0 Å². The Labute approximate surface area is 130 Å². The molecule has 1 fully saturated rings. The van der Waals surface area contributed by atoms with E-state index in [2.05, 4.69) is 5.32 Å². The van der Waals surface area contributed by atoms with Crippen LogP contribution in [-0.4, -0.2) is 37.2 Å². The van der Waals surface area contributed by atoms with E-state index < -0.39 is 0 Å². The van der Waals surface area contributed by atoms with Crippen molar-refractivity contribution in [3.8, 4) is 16.9 Å². The molecule has 1 amide bonds. The molecular weight excluding hydrogens is 276 g/mol. The lowest BCUT2D eigenvalue weighted by Crippen LogP contribution is -2.35. The van der Waals surface area contributed by atoms with Crippen LogP contribution < -0.4 is 10.1 Å². The van der Waals surface area contributed by atoms with E-state index in [9.17, 15) is 4.79 Å². The van der Waals surface area contributed by atoms with Crippen LogP contribution in [0.2, 0.25) is 0 Å². The number of rotatable bonds is 3. The van der Waals surface area contributed by atoms with Gasteiger partial charge in [-0.15, -0.1) is 0 Å². The van der Waals surface area contributed by atoms with Crippen molar-refractivity contribution < 1.29 is 9.53 Å². The quantitative estimate of drug-likeness (QED) is 0.946. The highest BCUT2D eigenvalue weighted by Crippen LogP contribution is 2.24. The second kappa shape index (κ2) is 6.62. The Kier molecular flexibility index (Phi) is 4.39. The third-order valence-electron chi connectivity index (χ3n) is 4.00. The summed E-state index contributed by atoms with van der Waals surface area (Å²) in [7, 11) is 1.92. The summed E-state index contributed by atoms with van der Waals surface area (Å²) in [6, 6.07) is 18.1. The molecule has 22 heavy (non-hydrogen) atoms. The molecule has 4 heteroatoms. The Morgan fingerprint density at radius 3 is 2.64 bits per heavy atom. The van der Waals surface area contributed by atoms with Gasteiger partial charge < -0.3 is 15.0 Å². The largest absolute Gasteiger partial charge is 0.415 e. The zero-order valence-electron chi connectivity index (χ0n) is 12.7. The summed E-state index contributed by atoms with van der Waals surface area (Å²) in [5.41, 5.74) is 2.15. The van der Waals surface area contributed by atoms with Crippen LogP contribution in [0.25, 0.3) is 11.1 Å². The van der Waals surface area contributed by atoms with Crippen LogP contribution in [-0.2, 0) is 0 Å². The fraction of sp³-hybridized carbons (Fsp3) is 0.278. The van der Waals surface area contributed by atoms with Crippen molar-refractivity contribution in [2.45, 2.75) is 12.5 Å². The van der Waals surface area contributed by atoms with Crippen molar-refractivity contribution in [1.82, 2.24) is 10.2 Å². The normalized spacial score (nSPS) is 17.5.